The van der Waals surface area contributed by atoms with Crippen LogP contribution in [0.15, 0.2) is 218 Å². The lowest BCUT2D eigenvalue weighted by Gasteiger charge is -2.15. The Morgan fingerprint density at radius 1 is 0.226 bits per heavy atom. The largest absolute Gasteiger partial charge is 0.309 e. The fraction of sp³-hybridized carbons (Fsp3) is 0. The van der Waals surface area contributed by atoms with Gasteiger partial charge in [0, 0.05) is 43.7 Å². The predicted molar refractivity (Wildman–Crippen MR) is 265 cm³/mol. The summed E-state index contributed by atoms with van der Waals surface area (Å²) in [6, 6.07) is 81.1. The number of hydrogen-bond acceptors (Lipinski definition) is 0. The molecule has 62 heavy (non-hydrogen) atoms. The van der Waals surface area contributed by atoms with E-state index in [1.165, 1.54) is 131 Å². The molecule has 0 saturated carbocycles. The molecule has 0 unspecified atom stereocenters. The Balaban J connectivity index is 0.914. The van der Waals surface area contributed by atoms with Gasteiger partial charge in [0.15, 0.2) is 0 Å². The lowest BCUT2D eigenvalue weighted by molar-refractivity contribution is 1.19. The number of nitrogens with zero attached hydrogens (tertiary/aromatic N) is 2. The van der Waals surface area contributed by atoms with Crippen molar-refractivity contribution in [1.29, 1.82) is 0 Å². The summed E-state index contributed by atoms with van der Waals surface area (Å²) in [7, 11) is 0. The van der Waals surface area contributed by atoms with E-state index in [4.69, 9.17) is 0 Å². The molecule has 2 heteroatoms. The molecule has 286 valence electrons. The minimum atomic E-state index is 1.17. The van der Waals surface area contributed by atoms with Crippen LogP contribution in [0, 0.1) is 0 Å². The van der Waals surface area contributed by atoms with Crippen molar-refractivity contribution < 1.29 is 0 Å². The van der Waals surface area contributed by atoms with Gasteiger partial charge in [0.05, 0.1) is 22.1 Å². The van der Waals surface area contributed by atoms with Gasteiger partial charge < -0.3 is 9.13 Å². The van der Waals surface area contributed by atoms with Crippen LogP contribution in [-0.2, 0) is 0 Å². The third kappa shape index (κ3) is 4.75. The summed E-state index contributed by atoms with van der Waals surface area (Å²) in [5.41, 5.74) is 12.2. The molecule has 0 atom stereocenters. The Kier molecular flexibility index (Phi) is 6.86. The summed E-state index contributed by atoms with van der Waals surface area (Å²) in [6.07, 6.45) is 0. The van der Waals surface area contributed by atoms with Gasteiger partial charge in [-0.15, -0.1) is 0 Å². The monoisotopic (exact) mass is 784 g/mol. The van der Waals surface area contributed by atoms with Gasteiger partial charge in [-0.25, -0.2) is 0 Å². The number of fused-ring (bicyclic) bond motifs is 10. The molecule has 0 saturated heterocycles. The molecule has 14 aromatic rings. The molecule has 0 amide bonds. The van der Waals surface area contributed by atoms with Crippen molar-refractivity contribution in [2.45, 2.75) is 0 Å². The number of para-hydroxylation sites is 2. The molecule has 12 aromatic carbocycles. The van der Waals surface area contributed by atoms with Crippen molar-refractivity contribution in [2.75, 3.05) is 0 Å². The van der Waals surface area contributed by atoms with Crippen LogP contribution in [0.2, 0.25) is 0 Å². The van der Waals surface area contributed by atoms with E-state index < -0.39 is 0 Å². The van der Waals surface area contributed by atoms with Crippen LogP contribution in [0.1, 0.15) is 0 Å². The van der Waals surface area contributed by atoms with Gasteiger partial charge in [-0.05, 0) is 138 Å². The van der Waals surface area contributed by atoms with Gasteiger partial charge in [-0.3, -0.25) is 0 Å². The normalized spacial score (nSPS) is 12.2. The van der Waals surface area contributed by atoms with Crippen LogP contribution < -0.4 is 0 Å². The maximum absolute atomic E-state index is 2.44. The quantitative estimate of drug-likeness (QED) is 0.157. The minimum Gasteiger partial charge on any atom is -0.309 e. The molecule has 2 aromatic heterocycles. The summed E-state index contributed by atoms with van der Waals surface area (Å²) in [5.74, 6) is 0. The average Bonchev–Trinajstić information content (AvgIpc) is 3.86. The van der Waals surface area contributed by atoms with Gasteiger partial charge in [-0.1, -0.05) is 146 Å². The molecule has 0 radical (unpaired) electrons. The highest BCUT2D eigenvalue weighted by molar-refractivity contribution is 6.25. The van der Waals surface area contributed by atoms with Gasteiger partial charge in [-0.2, -0.15) is 0 Å². The van der Waals surface area contributed by atoms with Gasteiger partial charge in [0.25, 0.3) is 0 Å². The van der Waals surface area contributed by atoms with E-state index in [0.717, 1.165) is 0 Å². The third-order valence-corrected chi connectivity index (χ3v) is 13.5. The molecule has 2 heterocycles. The molecule has 2 nitrogen and oxygen atoms in total. The average molecular weight is 785 g/mol. The van der Waals surface area contributed by atoms with Crippen LogP contribution in [0.4, 0.5) is 0 Å². The zero-order chi connectivity index (χ0) is 40.5. The summed E-state index contributed by atoms with van der Waals surface area (Å²) >= 11 is 0. The molecular formula is C60H36N2. The van der Waals surface area contributed by atoms with Crippen molar-refractivity contribution in [2.24, 2.45) is 0 Å². The highest BCUT2D eigenvalue weighted by Crippen LogP contribution is 2.44. The molecule has 0 aliphatic heterocycles. The lowest BCUT2D eigenvalue weighted by atomic mass is 9.89. The fourth-order valence-electron chi connectivity index (χ4n) is 10.8. The zero-order valence-corrected chi connectivity index (χ0v) is 33.7. The molecule has 0 aliphatic rings. The van der Waals surface area contributed by atoms with E-state index in [-0.39, 0.29) is 0 Å². The van der Waals surface area contributed by atoms with Crippen molar-refractivity contribution >= 4 is 97.5 Å². The topological polar surface area (TPSA) is 9.86 Å². The van der Waals surface area contributed by atoms with E-state index in [0.29, 0.717) is 0 Å². The first-order chi connectivity index (χ1) is 30.7. The third-order valence-electron chi connectivity index (χ3n) is 13.5. The summed E-state index contributed by atoms with van der Waals surface area (Å²) in [5, 5.41) is 17.8. The molecule has 0 bridgehead atoms. The Labute approximate surface area is 357 Å². The standard InChI is InChI=1S/C60H36N2/c1-3-13-47(14-4-1)61-55-29-25-39(35-53(55)51-27-23-37-11-7-9-17-49(37)59(51)61)45-31-41-19-21-43-33-46(34-44-22-20-42(32-45)57(41)58(43)44)40-26-30-56-54(36-40)52-28-24-38-12-8-10-18-50(38)60(52)62(56)48-15-5-2-6-16-48/h1-36H. The Hall–Kier alpha value is -8.20. The molecular weight excluding hydrogens is 749 g/mol. The van der Waals surface area contributed by atoms with E-state index in [1.54, 1.807) is 0 Å². The minimum absolute atomic E-state index is 1.17. The summed E-state index contributed by atoms with van der Waals surface area (Å²) in [6.45, 7) is 0. The van der Waals surface area contributed by atoms with E-state index in [1.807, 2.05) is 0 Å². The second kappa shape index (κ2) is 12.7. The molecule has 0 aliphatic carbocycles. The Morgan fingerprint density at radius 2 is 0.597 bits per heavy atom. The van der Waals surface area contributed by atoms with E-state index >= 15 is 0 Å². The first-order valence-corrected chi connectivity index (χ1v) is 21.5. The van der Waals surface area contributed by atoms with Crippen LogP contribution in [0.3, 0.4) is 0 Å². The van der Waals surface area contributed by atoms with Gasteiger partial charge >= 0.3 is 0 Å². The predicted octanol–water partition coefficient (Wildman–Crippen LogP) is 16.4. The number of benzene rings is 12. The Bertz CT molecular complexity index is 3800. The fourth-order valence-corrected chi connectivity index (χ4v) is 10.8. The van der Waals surface area contributed by atoms with Crippen molar-refractivity contribution in [3.8, 4) is 33.6 Å². The molecule has 14 rings (SSSR count). The smallest absolute Gasteiger partial charge is 0.0619 e. The highest BCUT2D eigenvalue weighted by Gasteiger charge is 2.19. The molecule has 0 N–H and O–H groups in total. The number of rotatable bonds is 4. The zero-order valence-electron chi connectivity index (χ0n) is 33.7. The SMILES string of the molecule is c1ccc(-n2c3ccc(-c4cc5ccc6cc(-c7ccc8c(c7)c7ccc9ccccc9c7n8-c7ccccc7)cc7ccc(c4)c5c67)cc3c3ccc4ccccc4c32)cc1. The first kappa shape index (κ1) is 33.6. The van der Waals surface area contributed by atoms with Crippen molar-refractivity contribution in [3.63, 3.8) is 0 Å². The summed E-state index contributed by atoms with van der Waals surface area (Å²) < 4.78 is 4.88. The van der Waals surface area contributed by atoms with E-state index in [9.17, 15) is 0 Å². The maximum atomic E-state index is 2.44. The van der Waals surface area contributed by atoms with Crippen molar-refractivity contribution in [1.82, 2.24) is 9.13 Å². The van der Waals surface area contributed by atoms with Gasteiger partial charge in [0.2, 0.25) is 0 Å². The Morgan fingerprint density at radius 3 is 1.02 bits per heavy atom. The molecule has 0 fully saturated rings. The van der Waals surface area contributed by atoms with E-state index in [2.05, 4.69) is 228 Å². The van der Waals surface area contributed by atoms with Crippen molar-refractivity contribution in [3.05, 3.63) is 218 Å². The number of aromatic nitrogens is 2. The second-order valence-electron chi connectivity index (χ2n) is 16.9. The number of hydrogen-bond donors (Lipinski definition) is 0. The first-order valence-electron chi connectivity index (χ1n) is 21.5. The maximum Gasteiger partial charge on any atom is 0.0619 e. The van der Waals surface area contributed by atoms with Gasteiger partial charge in [0.1, 0.15) is 0 Å². The van der Waals surface area contributed by atoms with Crippen LogP contribution >= 0.6 is 0 Å². The summed E-state index contributed by atoms with van der Waals surface area (Å²) in [4.78, 5) is 0. The van der Waals surface area contributed by atoms with Crippen LogP contribution in [0.5, 0.6) is 0 Å². The lowest BCUT2D eigenvalue weighted by Crippen LogP contribution is -1.94. The second-order valence-corrected chi connectivity index (χ2v) is 16.9. The van der Waals surface area contributed by atoms with Crippen LogP contribution in [-0.4, -0.2) is 9.13 Å². The molecule has 0 spiro atoms. The highest BCUT2D eigenvalue weighted by atomic mass is 15.0. The van der Waals surface area contributed by atoms with Crippen LogP contribution in [0.25, 0.3) is 131 Å².